The van der Waals surface area contributed by atoms with E-state index in [0.717, 1.165) is 18.0 Å². The molecule has 1 aromatic heterocycles. The molecular formula is C22H26N2O5S. The summed E-state index contributed by atoms with van der Waals surface area (Å²) in [6.45, 7) is 6.74. The zero-order valence-electron chi connectivity index (χ0n) is 17.3. The van der Waals surface area contributed by atoms with E-state index in [1.54, 1.807) is 6.07 Å². The fourth-order valence-electron chi connectivity index (χ4n) is 3.63. The van der Waals surface area contributed by atoms with Crippen molar-refractivity contribution in [1.29, 1.82) is 0 Å². The molecule has 2 heterocycles. The molecule has 1 atom stereocenters. The van der Waals surface area contributed by atoms with Crippen LogP contribution in [0.5, 0.6) is 11.5 Å². The number of thiophene rings is 1. The van der Waals surface area contributed by atoms with E-state index < -0.39 is 23.5 Å². The number of likely N-dealkylation sites (N-methyl/N-ethyl adjacent to an activating group) is 1. The summed E-state index contributed by atoms with van der Waals surface area (Å²) >= 11 is 1.41. The number of likely N-dealkylation sites (tertiary alicyclic amines) is 1. The van der Waals surface area contributed by atoms with Crippen LogP contribution in [-0.4, -0.2) is 65.0 Å². The molecule has 8 heteroatoms. The van der Waals surface area contributed by atoms with Gasteiger partial charge in [0.2, 0.25) is 0 Å². The van der Waals surface area contributed by atoms with Crippen molar-refractivity contribution in [2.24, 2.45) is 0 Å². The quantitative estimate of drug-likeness (QED) is 0.380. The molecular weight excluding hydrogens is 404 g/mol. The largest absolute Gasteiger partial charge is 0.507 e. The predicted octanol–water partition coefficient (Wildman–Crippen LogP) is 3.23. The molecule has 0 saturated carbocycles. The van der Waals surface area contributed by atoms with E-state index in [-0.39, 0.29) is 16.9 Å². The number of phenols is 1. The smallest absolute Gasteiger partial charge is 0.295 e. The van der Waals surface area contributed by atoms with Crippen LogP contribution >= 0.6 is 11.3 Å². The maximum Gasteiger partial charge on any atom is 0.295 e. The second-order valence-corrected chi connectivity index (χ2v) is 7.90. The number of carbonyl (C=O) groups is 2. The van der Waals surface area contributed by atoms with Crippen molar-refractivity contribution in [3.8, 4) is 11.5 Å². The Morgan fingerprint density at radius 3 is 2.53 bits per heavy atom. The molecule has 0 spiro atoms. The lowest BCUT2D eigenvalue weighted by Gasteiger charge is -2.27. The lowest BCUT2D eigenvalue weighted by molar-refractivity contribution is -0.140. The van der Waals surface area contributed by atoms with Crippen LogP contribution in [0.1, 0.15) is 30.3 Å². The van der Waals surface area contributed by atoms with Crippen LogP contribution in [0.4, 0.5) is 0 Å². The van der Waals surface area contributed by atoms with Crippen LogP contribution < -0.4 is 4.74 Å². The topological polar surface area (TPSA) is 90.3 Å². The van der Waals surface area contributed by atoms with Gasteiger partial charge in [-0.1, -0.05) is 19.9 Å². The fraction of sp³-hybridized carbons (Fsp3) is 0.364. The summed E-state index contributed by atoms with van der Waals surface area (Å²) in [5.41, 5.74) is 0.0709. The average Bonchev–Trinajstić information content (AvgIpc) is 3.36. The second-order valence-electron chi connectivity index (χ2n) is 6.92. The van der Waals surface area contributed by atoms with E-state index in [1.807, 2.05) is 31.4 Å². The zero-order valence-corrected chi connectivity index (χ0v) is 18.1. The van der Waals surface area contributed by atoms with Crippen LogP contribution in [0, 0.1) is 0 Å². The number of phenolic OH excluding ortho intramolecular Hbond substituents is 1. The molecule has 1 aromatic carbocycles. The van der Waals surface area contributed by atoms with Gasteiger partial charge in [-0.3, -0.25) is 9.59 Å². The molecule has 3 rings (SSSR count). The van der Waals surface area contributed by atoms with E-state index in [1.165, 1.54) is 35.5 Å². The lowest BCUT2D eigenvalue weighted by Crippen LogP contribution is -2.37. The third-order valence-electron chi connectivity index (χ3n) is 5.36. The van der Waals surface area contributed by atoms with Gasteiger partial charge in [0.05, 0.1) is 24.3 Å². The molecule has 0 bridgehead atoms. The number of rotatable bonds is 8. The number of hydrogen-bond donors (Lipinski definition) is 2. The normalized spacial score (nSPS) is 18.4. The first-order valence-electron chi connectivity index (χ1n) is 9.84. The summed E-state index contributed by atoms with van der Waals surface area (Å²) in [5, 5.41) is 23.2. The van der Waals surface area contributed by atoms with Crippen LogP contribution in [0.25, 0.3) is 5.76 Å². The van der Waals surface area contributed by atoms with Gasteiger partial charge >= 0.3 is 0 Å². The molecule has 1 saturated heterocycles. The molecule has 1 aliphatic rings. The Balaban J connectivity index is 2.07. The summed E-state index contributed by atoms with van der Waals surface area (Å²) in [5.74, 6) is -1.60. The van der Waals surface area contributed by atoms with E-state index in [2.05, 4.69) is 4.90 Å². The Hall–Kier alpha value is -2.84. The number of amides is 1. The highest BCUT2D eigenvalue weighted by atomic mass is 32.1. The first kappa shape index (κ1) is 21.9. The maximum absolute atomic E-state index is 12.9. The number of ether oxygens (including phenoxy) is 1. The van der Waals surface area contributed by atoms with Gasteiger partial charge in [0.1, 0.15) is 17.3 Å². The molecule has 1 amide bonds. The van der Waals surface area contributed by atoms with E-state index >= 15 is 0 Å². The number of aliphatic hydroxyl groups is 1. The van der Waals surface area contributed by atoms with Crippen molar-refractivity contribution in [2.75, 3.05) is 33.3 Å². The molecule has 2 aromatic rings. The summed E-state index contributed by atoms with van der Waals surface area (Å²) in [7, 11) is 1.46. The van der Waals surface area contributed by atoms with Gasteiger partial charge < -0.3 is 24.7 Å². The Morgan fingerprint density at radius 2 is 1.97 bits per heavy atom. The Labute approximate surface area is 179 Å². The van der Waals surface area contributed by atoms with E-state index in [4.69, 9.17) is 4.74 Å². The minimum Gasteiger partial charge on any atom is -0.507 e. The van der Waals surface area contributed by atoms with Crippen LogP contribution in [0.15, 0.2) is 41.3 Å². The third kappa shape index (κ3) is 4.06. The predicted molar refractivity (Wildman–Crippen MR) is 116 cm³/mol. The van der Waals surface area contributed by atoms with Crippen molar-refractivity contribution in [3.63, 3.8) is 0 Å². The molecule has 160 valence electrons. The average molecular weight is 431 g/mol. The highest BCUT2D eigenvalue weighted by Gasteiger charge is 2.46. The first-order valence-corrected chi connectivity index (χ1v) is 10.7. The van der Waals surface area contributed by atoms with Crippen molar-refractivity contribution < 1.29 is 24.5 Å². The molecule has 1 unspecified atom stereocenters. The van der Waals surface area contributed by atoms with Crippen LogP contribution in [0.2, 0.25) is 0 Å². The van der Waals surface area contributed by atoms with Gasteiger partial charge in [-0.25, -0.2) is 0 Å². The highest BCUT2D eigenvalue weighted by Crippen LogP contribution is 2.42. The number of aromatic hydroxyl groups is 1. The number of hydrogen-bond acceptors (Lipinski definition) is 7. The van der Waals surface area contributed by atoms with Crippen molar-refractivity contribution >= 4 is 28.8 Å². The van der Waals surface area contributed by atoms with Crippen molar-refractivity contribution in [2.45, 2.75) is 19.9 Å². The van der Waals surface area contributed by atoms with E-state index in [9.17, 15) is 19.8 Å². The number of Topliss-reactive ketones (excluding diaryl/α,β-unsaturated/α-hetero) is 1. The number of methoxy groups -OCH3 is 1. The highest BCUT2D eigenvalue weighted by molar-refractivity contribution is 7.10. The Morgan fingerprint density at radius 1 is 1.23 bits per heavy atom. The minimum absolute atomic E-state index is 0.0116. The number of carbonyl (C=O) groups excluding carboxylic acids is 2. The van der Waals surface area contributed by atoms with Crippen molar-refractivity contribution in [1.82, 2.24) is 9.80 Å². The molecule has 1 fully saturated rings. The Bertz CT molecular complexity index is 950. The van der Waals surface area contributed by atoms with Gasteiger partial charge in [-0.2, -0.15) is 0 Å². The third-order valence-corrected chi connectivity index (χ3v) is 6.29. The van der Waals surface area contributed by atoms with Gasteiger partial charge in [0.25, 0.3) is 11.7 Å². The van der Waals surface area contributed by atoms with Crippen LogP contribution in [-0.2, 0) is 9.59 Å². The number of aliphatic hydroxyl groups excluding tert-OH is 1. The number of nitrogens with zero attached hydrogens (tertiary/aromatic N) is 2. The minimum atomic E-state index is -0.749. The summed E-state index contributed by atoms with van der Waals surface area (Å²) in [6.07, 6.45) is 0. The molecule has 30 heavy (non-hydrogen) atoms. The summed E-state index contributed by atoms with van der Waals surface area (Å²) in [6, 6.07) is 7.39. The first-order chi connectivity index (χ1) is 14.4. The fourth-order valence-corrected chi connectivity index (χ4v) is 4.47. The number of benzene rings is 1. The summed E-state index contributed by atoms with van der Waals surface area (Å²) < 4.78 is 5.08. The molecule has 2 N–H and O–H groups in total. The molecule has 0 aliphatic carbocycles. The van der Waals surface area contributed by atoms with Crippen molar-refractivity contribution in [3.05, 3.63) is 51.7 Å². The van der Waals surface area contributed by atoms with Gasteiger partial charge in [0, 0.05) is 24.0 Å². The second kappa shape index (κ2) is 9.32. The number of ketones is 1. The monoisotopic (exact) mass is 430 g/mol. The SMILES string of the molecule is CCN(CC)CCN1C(=O)C(=O)C(=C(O)c2ccc(OC)cc2O)C1c1cccs1. The molecule has 1 aliphatic heterocycles. The van der Waals surface area contributed by atoms with Gasteiger partial charge in [-0.05, 0) is 36.7 Å². The lowest BCUT2D eigenvalue weighted by atomic mass is 9.99. The van der Waals surface area contributed by atoms with Gasteiger partial charge in [0.15, 0.2) is 0 Å². The zero-order chi connectivity index (χ0) is 21.8. The summed E-state index contributed by atoms with van der Waals surface area (Å²) in [4.78, 5) is 30.3. The Kier molecular flexibility index (Phi) is 6.79. The van der Waals surface area contributed by atoms with Crippen LogP contribution in [0.3, 0.4) is 0 Å². The van der Waals surface area contributed by atoms with Gasteiger partial charge in [-0.15, -0.1) is 11.3 Å². The standard InChI is InChI=1S/C22H26N2O5S/c1-4-23(5-2)10-11-24-19(17-7-6-12-30-17)18(21(27)22(24)28)20(26)15-9-8-14(29-3)13-16(15)25/h6-9,12-13,19,25-26H,4-5,10-11H2,1-3H3. The molecule has 0 radical (unpaired) electrons. The maximum atomic E-state index is 12.9. The molecule has 7 nitrogen and oxygen atoms in total. The van der Waals surface area contributed by atoms with E-state index in [0.29, 0.717) is 18.8 Å².